The number of aryl methyl sites for hydroxylation is 1. The maximum absolute atomic E-state index is 12.8. The van der Waals surface area contributed by atoms with Crippen molar-refractivity contribution in [1.29, 1.82) is 0 Å². The summed E-state index contributed by atoms with van der Waals surface area (Å²) in [6.45, 7) is 3.71. The number of imidazole rings is 1. The van der Waals surface area contributed by atoms with Crippen molar-refractivity contribution in [3.63, 3.8) is 0 Å². The molecule has 1 amide bonds. The molecule has 1 unspecified atom stereocenters. The summed E-state index contributed by atoms with van der Waals surface area (Å²) in [4.78, 5) is 17.2. The lowest BCUT2D eigenvalue weighted by Crippen LogP contribution is -2.23. The first-order valence-electron chi connectivity index (χ1n) is 8.92. The van der Waals surface area contributed by atoms with Crippen LogP contribution in [0.4, 0.5) is 5.69 Å². The van der Waals surface area contributed by atoms with Gasteiger partial charge in [0.2, 0.25) is 5.91 Å². The van der Waals surface area contributed by atoms with E-state index in [0.29, 0.717) is 16.5 Å². The number of thioether (sulfide) groups is 1. The summed E-state index contributed by atoms with van der Waals surface area (Å²) in [5.74, 6) is 1.15. The van der Waals surface area contributed by atoms with Crippen LogP contribution in [0.15, 0.2) is 53.9 Å². The molecule has 0 bridgehead atoms. The highest BCUT2D eigenvalue weighted by Crippen LogP contribution is 2.32. The fraction of sp³-hybridized carbons (Fsp3) is 0.238. The lowest BCUT2D eigenvalue weighted by atomic mass is 10.2. The lowest BCUT2D eigenvalue weighted by Gasteiger charge is -2.16. The second kappa shape index (κ2) is 9.24. The Morgan fingerprint density at radius 2 is 1.93 bits per heavy atom. The Morgan fingerprint density at radius 3 is 2.59 bits per heavy atom. The van der Waals surface area contributed by atoms with Gasteiger partial charge in [0.15, 0.2) is 5.16 Å². The Morgan fingerprint density at radius 1 is 1.21 bits per heavy atom. The number of anilines is 1. The molecular weight excluding hydrogens is 410 g/mol. The monoisotopic (exact) mass is 431 g/mol. The van der Waals surface area contributed by atoms with E-state index in [2.05, 4.69) is 10.3 Å². The van der Waals surface area contributed by atoms with Crippen molar-refractivity contribution in [2.75, 3.05) is 19.5 Å². The topological polar surface area (TPSA) is 65.4 Å². The smallest absolute Gasteiger partial charge is 0.237 e. The van der Waals surface area contributed by atoms with E-state index in [0.717, 1.165) is 22.2 Å². The van der Waals surface area contributed by atoms with Gasteiger partial charge in [0.05, 0.1) is 25.2 Å². The van der Waals surface area contributed by atoms with Gasteiger partial charge in [-0.05, 0) is 49.7 Å². The van der Waals surface area contributed by atoms with Crippen LogP contribution < -0.4 is 14.8 Å². The Balaban J connectivity index is 1.74. The van der Waals surface area contributed by atoms with Crippen LogP contribution >= 0.6 is 23.4 Å². The van der Waals surface area contributed by atoms with Crippen molar-refractivity contribution >= 4 is 35.0 Å². The van der Waals surface area contributed by atoms with E-state index >= 15 is 0 Å². The summed E-state index contributed by atoms with van der Waals surface area (Å²) in [5.41, 5.74) is 2.39. The predicted octanol–water partition coefficient (Wildman–Crippen LogP) is 4.97. The number of carbonyl (C=O) groups excluding carboxylic acids is 1. The Bertz CT molecular complexity index is 1000. The molecule has 3 aromatic rings. The fourth-order valence-electron chi connectivity index (χ4n) is 2.69. The molecule has 1 aromatic heterocycles. The molecule has 1 heterocycles. The number of amides is 1. The van der Waals surface area contributed by atoms with Crippen LogP contribution in [-0.4, -0.2) is 34.9 Å². The number of ether oxygens (including phenoxy) is 2. The van der Waals surface area contributed by atoms with Gasteiger partial charge in [-0.15, -0.1) is 0 Å². The Kier molecular flexibility index (Phi) is 6.71. The number of carbonyl (C=O) groups is 1. The number of benzene rings is 2. The van der Waals surface area contributed by atoms with E-state index in [9.17, 15) is 4.79 Å². The maximum Gasteiger partial charge on any atom is 0.237 e. The second-order valence-electron chi connectivity index (χ2n) is 6.33. The van der Waals surface area contributed by atoms with Crippen LogP contribution in [0.25, 0.3) is 5.69 Å². The lowest BCUT2D eigenvalue weighted by molar-refractivity contribution is -0.115. The first-order valence-corrected chi connectivity index (χ1v) is 10.2. The SMILES string of the molecule is COc1ccc(-n2ccnc2SC(C)C(=O)Nc2cc(C)c(Cl)cc2OC)cc1. The van der Waals surface area contributed by atoms with Crippen molar-refractivity contribution in [2.45, 2.75) is 24.3 Å². The number of nitrogens with zero attached hydrogens (tertiary/aromatic N) is 2. The molecule has 0 saturated heterocycles. The summed E-state index contributed by atoms with van der Waals surface area (Å²) in [7, 11) is 3.17. The van der Waals surface area contributed by atoms with Gasteiger partial charge >= 0.3 is 0 Å². The largest absolute Gasteiger partial charge is 0.497 e. The predicted molar refractivity (Wildman–Crippen MR) is 117 cm³/mol. The molecule has 0 radical (unpaired) electrons. The highest BCUT2D eigenvalue weighted by molar-refractivity contribution is 8.00. The van der Waals surface area contributed by atoms with Crippen LogP contribution in [0.2, 0.25) is 5.02 Å². The van der Waals surface area contributed by atoms with Crippen molar-refractivity contribution in [1.82, 2.24) is 9.55 Å². The van der Waals surface area contributed by atoms with Gasteiger partial charge in [0.25, 0.3) is 0 Å². The molecule has 3 rings (SSSR count). The van der Waals surface area contributed by atoms with Crippen LogP contribution in [0.1, 0.15) is 12.5 Å². The molecule has 2 aromatic carbocycles. The first kappa shape index (κ1) is 21.1. The summed E-state index contributed by atoms with van der Waals surface area (Å²) in [6, 6.07) is 11.1. The molecule has 0 spiro atoms. The summed E-state index contributed by atoms with van der Waals surface area (Å²) < 4.78 is 12.5. The van der Waals surface area contributed by atoms with Crippen molar-refractivity contribution in [3.05, 3.63) is 59.4 Å². The maximum atomic E-state index is 12.8. The number of halogens is 1. The average Bonchev–Trinajstić information content (AvgIpc) is 3.18. The minimum Gasteiger partial charge on any atom is -0.497 e. The summed E-state index contributed by atoms with van der Waals surface area (Å²) in [5, 5.41) is 3.85. The van der Waals surface area contributed by atoms with Crippen molar-refractivity contribution in [2.24, 2.45) is 0 Å². The third-order valence-electron chi connectivity index (χ3n) is 4.35. The van der Waals surface area contributed by atoms with Gasteiger partial charge in [-0.2, -0.15) is 0 Å². The fourth-order valence-corrected chi connectivity index (χ4v) is 3.73. The third-order valence-corrected chi connectivity index (χ3v) is 5.84. The zero-order chi connectivity index (χ0) is 21.0. The van der Waals surface area contributed by atoms with Crippen molar-refractivity contribution in [3.8, 4) is 17.2 Å². The molecule has 152 valence electrons. The molecule has 8 heteroatoms. The van der Waals surface area contributed by atoms with E-state index in [1.165, 1.54) is 11.8 Å². The number of aromatic nitrogens is 2. The van der Waals surface area contributed by atoms with Gasteiger partial charge in [0, 0.05) is 29.2 Å². The van der Waals surface area contributed by atoms with E-state index < -0.39 is 0 Å². The van der Waals surface area contributed by atoms with E-state index in [-0.39, 0.29) is 11.2 Å². The van der Waals surface area contributed by atoms with E-state index in [1.807, 2.05) is 48.9 Å². The average molecular weight is 432 g/mol. The first-order chi connectivity index (χ1) is 13.9. The number of nitrogens with one attached hydrogen (secondary N) is 1. The number of rotatable bonds is 7. The van der Waals surface area contributed by atoms with E-state index in [4.69, 9.17) is 21.1 Å². The van der Waals surface area contributed by atoms with Gasteiger partial charge in [-0.25, -0.2) is 4.98 Å². The van der Waals surface area contributed by atoms with Crippen LogP contribution in [0.5, 0.6) is 11.5 Å². The molecule has 6 nitrogen and oxygen atoms in total. The van der Waals surface area contributed by atoms with Gasteiger partial charge in [0.1, 0.15) is 11.5 Å². The zero-order valence-electron chi connectivity index (χ0n) is 16.6. The summed E-state index contributed by atoms with van der Waals surface area (Å²) >= 11 is 7.51. The number of hydrogen-bond acceptors (Lipinski definition) is 5. The highest BCUT2D eigenvalue weighted by Gasteiger charge is 2.20. The molecule has 0 saturated carbocycles. The molecule has 1 atom stereocenters. The molecule has 1 N–H and O–H groups in total. The van der Waals surface area contributed by atoms with Gasteiger partial charge in [-0.1, -0.05) is 23.4 Å². The minimum atomic E-state index is -0.380. The molecule has 0 aliphatic rings. The molecule has 0 aliphatic carbocycles. The molecule has 29 heavy (non-hydrogen) atoms. The zero-order valence-corrected chi connectivity index (χ0v) is 18.2. The Labute approximate surface area is 179 Å². The quantitative estimate of drug-likeness (QED) is 0.535. The Hall–Kier alpha value is -2.64. The van der Waals surface area contributed by atoms with Crippen molar-refractivity contribution < 1.29 is 14.3 Å². The van der Waals surface area contributed by atoms with Crippen LogP contribution in [-0.2, 0) is 4.79 Å². The molecule has 0 aliphatic heterocycles. The number of methoxy groups -OCH3 is 2. The normalized spacial score (nSPS) is 11.8. The summed E-state index contributed by atoms with van der Waals surface area (Å²) in [6.07, 6.45) is 3.57. The van der Waals surface area contributed by atoms with Gasteiger partial charge in [-0.3, -0.25) is 9.36 Å². The minimum absolute atomic E-state index is 0.153. The third kappa shape index (κ3) is 4.86. The van der Waals surface area contributed by atoms with Gasteiger partial charge < -0.3 is 14.8 Å². The molecule has 0 fully saturated rings. The van der Waals surface area contributed by atoms with Crippen LogP contribution in [0.3, 0.4) is 0 Å². The second-order valence-corrected chi connectivity index (χ2v) is 8.04. The van der Waals surface area contributed by atoms with E-state index in [1.54, 1.807) is 32.5 Å². The number of hydrogen-bond donors (Lipinski definition) is 1. The van der Waals surface area contributed by atoms with Crippen LogP contribution in [0, 0.1) is 6.92 Å². The highest BCUT2D eigenvalue weighted by atomic mass is 35.5. The standard InChI is InChI=1S/C21H22ClN3O3S/c1-13-11-18(19(28-4)12-17(13)22)24-20(26)14(2)29-21-23-9-10-25(21)15-5-7-16(27-3)8-6-15/h5-12,14H,1-4H3,(H,24,26). The molecular formula is C21H22ClN3O3S.